The van der Waals surface area contributed by atoms with E-state index in [1.54, 1.807) is 19.2 Å². The smallest absolute Gasteiger partial charge is 0.310 e. The van der Waals surface area contributed by atoms with Gasteiger partial charge in [-0.05, 0) is 72.4 Å². The van der Waals surface area contributed by atoms with Gasteiger partial charge in [-0.25, -0.2) is 0 Å². The van der Waals surface area contributed by atoms with E-state index in [1.165, 1.54) is 13.2 Å². The molecule has 0 aliphatic carbocycles. The van der Waals surface area contributed by atoms with Crippen molar-refractivity contribution in [1.29, 1.82) is 0 Å². The summed E-state index contributed by atoms with van der Waals surface area (Å²) in [6.45, 7) is 22.2. The van der Waals surface area contributed by atoms with E-state index in [0.29, 0.717) is 18.0 Å². The number of nitrogens with two attached hydrogens (primary N) is 1. The summed E-state index contributed by atoms with van der Waals surface area (Å²) in [6.07, 6.45) is 0. The molecule has 0 radical (unpaired) electrons. The predicted molar refractivity (Wildman–Crippen MR) is 161 cm³/mol. The second-order valence-corrected chi connectivity index (χ2v) is 20.1. The van der Waals surface area contributed by atoms with Gasteiger partial charge in [-0.1, -0.05) is 47.6 Å². The Kier molecular flexibility index (Phi) is 11.6. The number of rotatable bonds is 9. The number of benzene rings is 2. The summed E-state index contributed by atoms with van der Waals surface area (Å²) in [7, 11) is 0.639. The van der Waals surface area contributed by atoms with E-state index in [-0.39, 0.29) is 27.1 Å². The Balaban J connectivity index is 0.000000382. The molecule has 0 unspecified atom stereocenters. The third-order valence-electron chi connectivity index (χ3n) is 6.64. The molecule has 0 amide bonds. The molecule has 0 fully saturated rings. The molecule has 2 rings (SSSR count). The molecule has 0 aliphatic rings. The van der Waals surface area contributed by atoms with E-state index >= 15 is 0 Å². The van der Waals surface area contributed by atoms with Gasteiger partial charge in [0, 0.05) is 6.07 Å². The van der Waals surface area contributed by atoms with Gasteiger partial charge >= 0.3 is 5.69 Å². The highest BCUT2D eigenvalue weighted by Gasteiger charge is 2.37. The van der Waals surface area contributed by atoms with E-state index < -0.39 is 23.0 Å². The minimum Gasteiger partial charge on any atom is -0.495 e. The molecule has 0 aliphatic heterocycles. The second-order valence-electron chi connectivity index (χ2n) is 12.6. The highest BCUT2D eigenvalue weighted by atomic mass is 28.4. The summed E-state index contributed by atoms with van der Waals surface area (Å²) >= 11 is 0. The molecule has 0 heterocycles. The first-order valence-corrected chi connectivity index (χ1v) is 17.0. The zero-order chi connectivity index (χ0) is 29.5. The van der Waals surface area contributed by atoms with Crippen molar-refractivity contribution >= 4 is 29.5 Å². The van der Waals surface area contributed by atoms with Crippen molar-refractivity contribution in [1.82, 2.24) is 0 Å². The monoisotopic (exact) mass is 564 g/mol. The number of nitrogens with zero attached hydrogens (tertiary/aromatic N) is 1. The number of nitro benzene ring substituents is 1. The Morgan fingerprint density at radius 3 is 1.97 bits per heavy atom. The zero-order valence-corrected chi connectivity index (χ0v) is 27.8. The molecule has 0 atom stereocenters. The van der Waals surface area contributed by atoms with Crippen LogP contribution < -0.4 is 15.2 Å². The first-order valence-electron chi connectivity index (χ1n) is 12.8. The van der Waals surface area contributed by atoms with Crippen LogP contribution in [0.5, 0.6) is 11.5 Å². The van der Waals surface area contributed by atoms with E-state index in [2.05, 4.69) is 68.5 Å². The number of hydrogen-bond acceptors (Lipinski definition) is 7. The molecule has 8 nitrogen and oxygen atoms in total. The predicted octanol–water partition coefficient (Wildman–Crippen LogP) is 6.96. The number of nitrogen functional groups attached to an aromatic ring is 1. The maximum absolute atomic E-state index is 10.8. The van der Waals surface area contributed by atoms with Crippen LogP contribution in [-0.4, -0.2) is 37.2 Å². The van der Waals surface area contributed by atoms with E-state index in [0.717, 1.165) is 11.1 Å². The fourth-order valence-electron chi connectivity index (χ4n) is 3.01. The van der Waals surface area contributed by atoms with Gasteiger partial charge in [0.05, 0.1) is 37.0 Å². The Labute approximate surface area is 232 Å². The van der Waals surface area contributed by atoms with Crippen molar-refractivity contribution in [2.75, 3.05) is 20.0 Å². The van der Waals surface area contributed by atoms with Crippen molar-refractivity contribution in [3.8, 4) is 11.5 Å². The van der Waals surface area contributed by atoms with Crippen LogP contribution in [0.2, 0.25) is 23.2 Å². The Hall–Kier alpha value is -2.41. The summed E-state index contributed by atoms with van der Waals surface area (Å²) in [6, 6.07) is 10.7. The van der Waals surface area contributed by atoms with Crippen LogP contribution in [0.1, 0.15) is 66.5 Å². The molecule has 214 valence electrons. The van der Waals surface area contributed by atoms with Crippen LogP contribution in [0.25, 0.3) is 0 Å². The van der Waals surface area contributed by atoms with Crippen molar-refractivity contribution < 1.29 is 23.2 Å². The van der Waals surface area contributed by atoms with Gasteiger partial charge in [0.25, 0.3) is 0 Å². The minimum atomic E-state index is -1.83. The lowest BCUT2D eigenvalue weighted by molar-refractivity contribution is -0.385. The standard InChI is InChI=1S/C14H23NO4Si.C14H25NO2Si/c1-14(2,3)20(5,6)19-10-11-7-8-12(15(16)17)13(9-11)18-4;1-13(2,3)18-17-14(4,5)10-7-8-11(15)12(9-10)16-6/h7-9H,10H2,1-6H3;7-9H,15,18H2,1-6H3. The number of ether oxygens (including phenoxy) is 2. The van der Waals surface area contributed by atoms with Gasteiger partial charge in [0.15, 0.2) is 23.8 Å². The highest BCUT2D eigenvalue weighted by molar-refractivity contribution is 6.74. The lowest BCUT2D eigenvalue weighted by Gasteiger charge is -2.36. The summed E-state index contributed by atoms with van der Waals surface area (Å²) in [4.78, 5) is 10.4. The zero-order valence-electron chi connectivity index (χ0n) is 25.4. The van der Waals surface area contributed by atoms with Gasteiger partial charge in [-0.15, -0.1) is 0 Å². The maximum atomic E-state index is 10.8. The lowest BCUT2D eigenvalue weighted by Crippen LogP contribution is -2.40. The summed E-state index contributed by atoms with van der Waals surface area (Å²) < 4.78 is 22.6. The Bertz CT molecular complexity index is 1080. The number of methoxy groups -OCH3 is 2. The molecule has 10 heteroatoms. The molecule has 0 saturated heterocycles. The highest BCUT2D eigenvalue weighted by Crippen LogP contribution is 2.38. The molecule has 0 spiro atoms. The summed E-state index contributed by atoms with van der Waals surface area (Å²) in [5.41, 5.74) is 8.16. The third-order valence-corrected chi connectivity index (χ3v) is 12.9. The molecule has 2 aromatic rings. The number of nitro groups is 1. The topological polar surface area (TPSA) is 106 Å². The van der Waals surface area contributed by atoms with Gasteiger partial charge in [0.1, 0.15) is 5.75 Å². The first-order chi connectivity index (χ1) is 17.2. The fraction of sp³-hybridized carbons (Fsp3) is 0.571. The molecule has 0 bridgehead atoms. The molecular weight excluding hydrogens is 516 g/mol. The van der Waals surface area contributed by atoms with Gasteiger partial charge < -0.3 is 24.1 Å². The normalized spacial score (nSPS) is 12.7. The van der Waals surface area contributed by atoms with Crippen LogP contribution in [0.15, 0.2) is 36.4 Å². The molecule has 38 heavy (non-hydrogen) atoms. The van der Waals surface area contributed by atoms with Gasteiger partial charge in [-0.3, -0.25) is 10.1 Å². The van der Waals surface area contributed by atoms with Crippen LogP contribution in [-0.2, 0) is 21.1 Å². The summed E-state index contributed by atoms with van der Waals surface area (Å²) in [5, 5.41) is 11.3. The van der Waals surface area contributed by atoms with Crippen molar-refractivity contribution in [3.63, 3.8) is 0 Å². The molecular formula is C28H48N2O6Si2. The molecule has 0 aromatic heterocycles. The van der Waals surface area contributed by atoms with E-state index in [1.807, 2.05) is 18.2 Å². The Morgan fingerprint density at radius 2 is 1.50 bits per heavy atom. The fourth-order valence-corrected chi connectivity index (χ4v) is 4.93. The van der Waals surface area contributed by atoms with E-state index in [4.69, 9.17) is 24.1 Å². The lowest BCUT2D eigenvalue weighted by atomic mass is 9.98. The molecule has 2 N–H and O–H groups in total. The average molecular weight is 565 g/mol. The van der Waals surface area contributed by atoms with Crippen molar-refractivity contribution in [2.24, 2.45) is 0 Å². The first kappa shape index (κ1) is 33.6. The SMILES string of the molecule is COc1cc(C(C)(C)O[SiH2]C(C)(C)C)ccc1N.COc1cc(CO[Si](C)(C)C(C)(C)C)ccc1[N+](=O)[O-]. The van der Waals surface area contributed by atoms with Crippen molar-refractivity contribution in [3.05, 3.63) is 57.6 Å². The van der Waals surface area contributed by atoms with Crippen LogP contribution in [0.4, 0.5) is 11.4 Å². The maximum Gasteiger partial charge on any atom is 0.310 e. The third kappa shape index (κ3) is 10.0. The molecule has 2 aromatic carbocycles. The van der Waals surface area contributed by atoms with Gasteiger partial charge in [-0.2, -0.15) is 0 Å². The Morgan fingerprint density at radius 1 is 0.921 bits per heavy atom. The number of anilines is 1. The van der Waals surface area contributed by atoms with Crippen LogP contribution >= 0.6 is 0 Å². The van der Waals surface area contributed by atoms with Gasteiger partial charge in [0.2, 0.25) is 0 Å². The molecule has 0 saturated carbocycles. The van der Waals surface area contributed by atoms with Crippen LogP contribution in [0.3, 0.4) is 0 Å². The quantitative estimate of drug-likeness (QED) is 0.152. The largest absolute Gasteiger partial charge is 0.495 e. The van der Waals surface area contributed by atoms with Crippen LogP contribution in [0, 0.1) is 10.1 Å². The van der Waals surface area contributed by atoms with E-state index in [9.17, 15) is 10.1 Å². The summed E-state index contributed by atoms with van der Waals surface area (Å²) in [5.74, 6) is 0.980. The average Bonchev–Trinajstić information content (AvgIpc) is 2.80. The minimum absolute atomic E-state index is 0.0245. The second kappa shape index (κ2) is 13.1. The number of hydrogen-bond donors (Lipinski definition) is 1. The van der Waals surface area contributed by atoms with Crippen molar-refractivity contribution in [2.45, 2.75) is 90.8 Å².